The number of likely N-dealkylation sites (N-methyl/N-ethyl adjacent to an activating group) is 1. The van der Waals surface area contributed by atoms with Gasteiger partial charge >= 0.3 is 0 Å². The zero-order chi connectivity index (χ0) is 19.9. The van der Waals surface area contributed by atoms with Crippen LogP contribution in [0.2, 0.25) is 0 Å². The summed E-state index contributed by atoms with van der Waals surface area (Å²) in [7, 11) is 1.53. The first-order valence-corrected chi connectivity index (χ1v) is 9.08. The van der Waals surface area contributed by atoms with Crippen LogP contribution >= 0.6 is 0 Å². The zero-order valence-electron chi connectivity index (χ0n) is 15.9. The molecule has 0 saturated heterocycles. The molecular formula is C23H22N2O3. The number of rotatable bonds is 6. The Bertz CT molecular complexity index is 1030. The van der Waals surface area contributed by atoms with Gasteiger partial charge in [0.1, 0.15) is 11.4 Å². The van der Waals surface area contributed by atoms with Crippen LogP contribution in [0.5, 0.6) is 5.75 Å². The molecule has 0 aliphatic carbocycles. The van der Waals surface area contributed by atoms with Gasteiger partial charge in [0.2, 0.25) is 0 Å². The number of carbonyl (C=O) groups is 2. The molecule has 0 atom stereocenters. The smallest absolute Gasteiger partial charge is 0.267 e. The van der Waals surface area contributed by atoms with E-state index in [-0.39, 0.29) is 17.5 Å². The normalized spacial score (nSPS) is 11.1. The number of carbonyl (C=O) groups excluding carboxylic acids is 2. The third-order valence-electron chi connectivity index (χ3n) is 4.27. The third-order valence-corrected chi connectivity index (χ3v) is 4.27. The summed E-state index contributed by atoms with van der Waals surface area (Å²) in [6.45, 7) is 2.50. The summed E-state index contributed by atoms with van der Waals surface area (Å²) in [5.74, 6) is 0.0676. The second-order valence-corrected chi connectivity index (χ2v) is 6.09. The van der Waals surface area contributed by atoms with Gasteiger partial charge in [0.15, 0.2) is 0 Å². The van der Waals surface area contributed by atoms with Crippen LogP contribution in [0.4, 0.5) is 0 Å². The summed E-state index contributed by atoms with van der Waals surface area (Å²) in [4.78, 5) is 24.9. The van der Waals surface area contributed by atoms with E-state index in [0.29, 0.717) is 12.2 Å². The summed E-state index contributed by atoms with van der Waals surface area (Å²) < 4.78 is 5.70. The second kappa shape index (κ2) is 8.86. The SMILES string of the molecule is CCOc1ccc(/C=C(/NC(=O)c2ccccc2)C(=O)NC)c2ccccc12. The van der Waals surface area contributed by atoms with Gasteiger partial charge in [-0.1, -0.05) is 48.5 Å². The first-order chi connectivity index (χ1) is 13.6. The lowest BCUT2D eigenvalue weighted by molar-refractivity contribution is -0.117. The first kappa shape index (κ1) is 19.2. The Morgan fingerprint density at radius 2 is 1.61 bits per heavy atom. The Labute approximate surface area is 164 Å². The van der Waals surface area contributed by atoms with Crippen molar-refractivity contribution in [1.29, 1.82) is 0 Å². The molecular weight excluding hydrogens is 352 g/mol. The molecule has 2 amide bonds. The summed E-state index contributed by atoms with van der Waals surface area (Å²) in [6, 6.07) is 20.3. The van der Waals surface area contributed by atoms with Crippen LogP contribution in [0.1, 0.15) is 22.8 Å². The minimum Gasteiger partial charge on any atom is -0.493 e. The Morgan fingerprint density at radius 3 is 2.29 bits per heavy atom. The molecule has 3 rings (SSSR count). The quantitative estimate of drug-likeness (QED) is 0.646. The monoisotopic (exact) mass is 374 g/mol. The van der Waals surface area contributed by atoms with Crippen LogP contribution in [0.3, 0.4) is 0 Å². The Hall–Kier alpha value is -3.60. The van der Waals surface area contributed by atoms with Gasteiger partial charge in [-0.3, -0.25) is 9.59 Å². The van der Waals surface area contributed by atoms with E-state index in [0.717, 1.165) is 22.1 Å². The van der Waals surface area contributed by atoms with Crippen molar-refractivity contribution in [3.63, 3.8) is 0 Å². The maximum Gasteiger partial charge on any atom is 0.267 e. The van der Waals surface area contributed by atoms with Crippen LogP contribution in [-0.2, 0) is 4.79 Å². The number of amides is 2. The third kappa shape index (κ3) is 4.20. The van der Waals surface area contributed by atoms with Crippen molar-refractivity contribution in [2.45, 2.75) is 6.92 Å². The van der Waals surface area contributed by atoms with Crippen molar-refractivity contribution in [2.75, 3.05) is 13.7 Å². The van der Waals surface area contributed by atoms with Crippen LogP contribution in [-0.4, -0.2) is 25.5 Å². The fraction of sp³-hybridized carbons (Fsp3) is 0.130. The van der Waals surface area contributed by atoms with Gasteiger partial charge in [-0.15, -0.1) is 0 Å². The Morgan fingerprint density at radius 1 is 0.929 bits per heavy atom. The van der Waals surface area contributed by atoms with Crippen LogP contribution in [0.15, 0.2) is 72.4 Å². The number of benzene rings is 3. The van der Waals surface area contributed by atoms with Gasteiger partial charge in [-0.2, -0.15) is 0 Å². The Balaban J connectivity index is 2.03. The van der Waals surface area contributed by atoms with Crippen LogP contribution < -0.4 is 15.4 Å². The van der Waals surface area contributed by atoms with Crippen molar-refractivity contribution in [3.05, 3.63) is 83.6 Å². The van der Waals surface area contributed by atoms with E-state index in [1.54, 1.807) is 30.3 Å². The van der Waals surface area contributed by atoms with Crippen molar-refractivity contribution in [1.82, 2.24) is 10.6 Å². The molecule has 3 aromatic rings. The number of nitrogens with one attached hydrogen (secondary N) is 2. The van der Waals surface area contributed by atoms with Gasteiger partial charge in [-0.25, -0.2) is 0 Å². The lowest BCUT2D eigenvalue weighted by Gasteiger charge is -2.12. The molecule has 142 valence electrons. The highest BCUT2D eigenvalue weighted by Gasteiger charge is 2.14. The van der Waals surface area contributed by atoms with E-state index in [1.807, 2.05) is 49.4 Å². The molecule has 3 aromatic carbocycles. The summed E-state index contributed by atoms with van der Waals surface area (Å²) >= 11 is 0. The number of fused-ring (bicyclic) bond motifs is 1. The minimum atomic E-state index is -0.373. The molecule has 0 fully saturated rings. The molecule has 0 aliphatic rings. The molecule has 0 spiro atoms. The zero-order valence-corrected chi connectivity index (χ0v) is 15.9. The highest BCUT2D eigenvalue weighted by molar-refractivity contribution is 6.07. The van der Waals surface area contributed by atoms with Crippen LogP contribution in [0, 0.1) is 0 Å². The Kier molecular flexibility index (Phi) is 6.07. The largest absolute Gasteiger partial charge is 0.493 e. The van der Waals surface area contributed by atoms with Crippen LogP contribution in [0.25, 0.3) is 16.8 Å². The van der Waals surface area contributed by atoms with Gasteiger partial charge < -0.3 is 15.4 Å². The maximum absolute atomic E-state index is 12.5. The standard InChI is InChI=1S/C23H22N2O3/c1-3-28-21-14-13-17(18-11-7-8-12-19(18)21)15-20(23(27)24-2)25-22(26)16-9-5-4-6-10-16/h4-15H,3H2,1-2H3,(H,24,27)(H,25,26)/b20-15+. The van der Waals surface area contributed by atoms with E-state index in [4.69, 9.17) is 4.74 Å². The average molecular weight is 374 g/mol. The summed E-state index contributed by atoms with van der Waals surface area (Å²) in [5.41, 5.74) is 1.46. The molecule has 28 heavy (non-hydrogen) atoms. The predicted molar refractivity (Wildman–Crippen MR) is 111 cm³/mol. The van der Waals surface area contributed by atoms with E-state index in [9.17, 15) is 9.59 Å². The molecule has 0 saturated carbocycles. The fourth-order valence-electron chi connectivity index (χ4n) is 2.93. The molecule has 0 radical (unpaired) electrons. The predicted octanol–water partition coefficient (Wildman–Crippen LogP) is 3.76. The van der Waals surface area contributed by atoms with E-state index >= 15 is 0 Å². The van der Waals surface area contributed by atoms with Gasteiger partial charge in [0.05, 0.1) is 6.61 Å². The molecule has 0 unspecified atom stereocenters. The molecule has 0 bridgehead atoms. The highest BCUT2D eigenvalue weighted by atomic mass is 16.5. The van der Waals surface area contributed by atoms with Crippen molar-refractivity contribution < 1.29 is 14.3 Å². The summed E-state index contributed by atoms with van der Waals surface area (Å²) in [5, 5.41) is 7.17. The number of hydrogen-bond acceptors (Lipinski definition) is 3. The maximum atomic E-state index is 12.5. The number of hydrogen-bond donors (Lipinski definition) is 2. The minimum absolute atomic E-state index is 0.172. The molecule has 0 aromatic heterocycles. The lowest BCUT2D eigenvalue weighted by Crippen LogP contribution is -2.33. The lowest BCUT2D eigenvalue weighted by atomic mass is 10.0. The first-order valence-electron chi connectivity index (χ1n) is 9.08. The van der Waals surface area contributed by atoms with E-state index in [1.165, 1.54) is 7.05 Å². The van der Waals surface area contributed by atoms with E-state index in [2.05, 4.69) is 10.6 Å². The topological polar surface area (TPSA) is 67.4 Å². The van der Waals surface area contributed by atoms with E-state index < -0.39 is 0 Å². The van der Waals surface area contributed by atoms with Crippen molar-refractivity contribution >= 4 is 28.7 Å². The number of ether oxygens (including phenoxy) is 1. The molecule has 0 heterocycles. The fourth-order valence-corrected chi connectivity index (χ4v) is 2.93. The second-order valence-electron chi connectivity index (χ2n) is 6.09. The molecule has 5 nitrogen and oxygen atoms in total. The van der Waals surface area contributed by atoms with Crippen molar-refractivity contribution in [3.8, 4) is 5.75 Å². The molecule has 0 aliphatic heterocycles. The van der Waals surface area contributed by atoms with Gasteiger partial charge in [0, 0.05) is 18.0 Å². The highest BCUT2D eigenvalue weighted by Crippen LogP contribution is 2.29. The molecule has 5 heteroatoms. The van der Waals surface area contributed by atoms with Crippen molar-refractivity contribution in [2.24, 2.45) is 0 Å². The average Bonchev–Trinajstić information content (AvgIpc) is 2.75. The molecule has 2 N–H and O–H groups in total. The van der Waals surface area contributed by atoms with Gasteiger partial charge in [-0.05, 0) is 42.1 Å². The van der Waals surface area contributed by atoms with Gasteiger partial charge in [0.25, 0.3) is 11.8 Å². The summed E-state index contributed by atoms with van der Waals surface area (Å²) in [6.07, 6.45) is 1.68.